The van der Waals surface area contributed by atoms with Gasteiger partial charge in [0.2, 0.25) is 5.91 Å². The lowest BCUT2D eigenvalue weighted by atomic mass is 10.2. The molecule has 0 aliphatic rings. The third kappa shape index (κ3) is 5.30. The molecule has 0 aliphatic heterocycles. The molecule has 144 valence electrons. The number of thioether (sulfide) groups is 1. The van der Waals surface area contributed by atoms with Gasteiger partial charge in [0.05, 0.1) is 5.75 Å². The van der Waals surface area contributed by atoms with Crippen LogP contribution in [-0.4, -0.2) is 38.8 Å². The number of nitrogens with zero attached hydrogens (tertiary/aromatic N) is 3. The number of aromatic nitrogens is 3. The summed E-state index contributed by atoms with van der Waals surface area (Å²) < 4.78 is 2.87. The molecule has 0 radical (unpaired) electrons. The summed E-state index contributed by atoms with van der Waals surface area (Å²) in [4.78, 5) is 23.6. The molecular weight excluding hydrogens is 440 g/mol. The van der Waals surface area contributed by atoms with Crippen molar-refractivity contribution in [2.75, 3.05) is 12.3 Å². The van der Waals surface area contributed by atoms with Crippen LogP contribution in [0.1, 0.15) is 23.1 Å². The van der Waals surface area contributed by atoms with Crippen LogP contribution in [0.3, 0.4) is 0 Å². The third-order valence-corrected chi connectivity index (χ3v) is 5.39. The summed E-state index contributed by atoms with van der Waals surface area (Å²) in [5, 5.41) is 12.0. The number of ketones is 1. The van der Waals surface area contributed by atoms with Crippen LogP contribution in [0.25, 0.3) is 5.69 Å². The van der Waals surface area contributed by atoms with E-state index in [1.54, 1.807) is 12.1 Å². The largest absolute Gasteiger partial charge is 0.356 e. The second-order valence-corrected chi connectivity index (χ2v) is 7.88. The van der Waals surface area contributed by atoms with Gasteiger partial charge in [-0.05, 0) is 24.3 Å². The summed E-state index contributed by atoms with van der Waals surface area (Å²) >= 11 is 4.72. The first-order chi connectivity index (χ1) is 13.5. The minimum absolute atomic E-state index is 0.0277. The van der Waals surface area contributed by atoms with Crippen LogP contribution >= 0.6 is 27.7 Å². The number of hydrogen-bond donors (Lipinski definition) is 1. The molecule has 0 fully saturated rings. The molecule has 6 nitrogen and oxygen atoms in total. The zero-order valence-corrected chi connectivity index (χ0v) is 17.7. The number of carbonyl (C=O) groups is 2. The lowest BCUT2D eigenvalue weighted by Crippen LogP contribution is -2.23. The van der Waals surface area contributed by atoms with E-state index in [9.17, 15) is 9.59 Å². The summed E-state index contributed by atoms with van der Waals surface area (Å²) in [6.07, 6.45) is 0.544. The lowest BCUT2D eigenvalue weighted by molar-refractivity contribution is -0.118. The maximum absolute atomic E-state index is 12.5. The van der Waals surface area contributed by atoms with Crippen molar-refractivity contribution in [3.63, 3.8) is 0 Å². The lowest BCUT2D eigenvalue weighted by Gasteiger charge is -2.10. The molecule has 0 saturated carbocycles. The first kappa shape index (κ1) is 20.3. The van der Waals surface area contributed by atoms with Crippen molar-refractivity contribution in [3.05, 3.63) is 70.5 Å². The average Bonchev–Trinajstić information content (AvgIpc) is 3.10. The smallest absolute Gasteiger partial charge is 0.216 e. The number of rotatable bonds is 8. The number of Topliss-reactive ketones (excluding diaryl/α,β-unsaturated/α-hetero) is 1. The van der Waals surface area contributed by atoms with Crippen LogP contribution in [0.15, 0.2) is 64.2 Å². The van der Waals surface area contributed by atoms with Crippen molar-refractivity contribution in [1.82, 2.24) is 20.1 Å². The topological polar surface area (TPSA) is 76.9 Å². The van der Waals surface area contributed by atoms with Crippen LogP contribution < -0.4 is 5.32 Å². The Labute approximate surface area is 175 Å². The van der Waals surface area contributed by atoms with Gasteiger partial charge in [0, 0.05) is 35.6 Å². The van der Waals surface area contributed by atoms with Gasteiger partial charge in [0.15, 0.2) is 10.9 Å². The highest BCUT2D eigenvalue weighted by molar-refractivity contribution is 9.10. The molecule has 8 heteroatoms. The van der Waals surface area contributed by atoms with Crippen LogP contribution in [0.4, 0.5) is 0 Å². The third-order valence-electron chi connectivity index (χ3n) is 3.94. The molecule has 1 heterocycles. The quantitative estimate of drug-likeness (QED) is 0.411. The summed E-state index contributed by atoms with van der Waals surface area (Å²) in [5.74, 6) is 0.942. The van der Waals surface area contributed by atoms with E-state index in [4.69, 9.17) is 0 Å². The number of carbonyl (C=O) groups excluding carboxylic acids is 2. The number of halogens is 1. The van der Waals surface area contributed by atoms with Crippen molar-refractivity contribution in [1.29, 1.82) is 0 Å². The Morgan fingerprint density at radius 3 is 2.46 bits per heavy atom. The predicted octanol–water partition coefficient (Wildman–Crippen LogP) is 3.68. The van der Waals surface area contributed by atoms with Crippen molar-refractivity contribution in [3.8, 4) is 5.69 Å². The first-order valence-electron chi connectivity index (χ1n) is 8.70. The van der Waals surface area contributed by atoms with E-state index in [1.807, 2.05) is 47.0 Å². The normalized spacial score (nSPS) is 10.6. The second-order valence-electron chi connectivity index (χ2n) is 6.02. The Morgan fingerprint density at radius 1 is 1.07 bits per heavy atom. The minimum Gasteiger partial charge on any atom is -0.356 e. The number of para-hydroxylation sites is 1. The molecule has 0 unspecified atom stereocenters. The van der Waals surface area contributed by atoms with Crippen LogP contribution in [0.2, 0.25) is 0 Å². The van der Waals surface area contributed by atoms with E-state index in [-0.39, 0.29) is 17.4 Å². The molecule has 3 rings (SSSR count). The fourth-order valence-corrected chi connectivity index (χ4v) is 3.72. The van der Waals surface area contributed by atoms with Gasteiger partial charge < -0.3 is 5.32 Å². The van der Waals surface area contributed by atoms with Gasteiger partial charge in [-0.2, -0.15) is 0 Å². The SMILES string of the molecule is CC(=O)NCCc1nnc(SCC(=O)c2ccc(Br)cc2)n1-c1ccccc1. The number of nitrogens with one attached hydrogen (secondary N) is 1. The summed E-state index contributed by atoms with van der Waals surface area (Å²) in [5.41, 5.74) is 1.58. The summed E-state index contributed by atoms with van der Waals surface area (Å²) in [6.45, 7) is 1.96. The highest BCUT2D eigenvalue weighted by atomic mass is 79.9. The fourth-order valence-electron chi connectivity index (χ4n) is 2.59. The van der Waals surface area contributed by atoms with Crippen LogP contribution in [0.5, 0.6) is 0 Å². The maximum atomic E-state index is 12.5. The highest BCUT2D eigenvalue weighted by Gasteiger charge is 2.16. The molecule has 0 bridgehead atoms. The Hall–Kier alpha value is -2.45. The van der Waals surface area contributed by atoms with Gasteiger partial charge >= 0.3 is 0 Å². The van der Waals surface area contributed by atoms with Gasteiger partial charge in [-0.1, -0.05) is 58.0 Å². The van der Waals surface area contributed by atoms with Crippen molar-refractivity contribution in [2.24, 2.45) is 0 Å². The highest BCUT2D eigenvalue weighted by Crippen LogP contribution is 2.23. The van der Waals surface area contributed by atoms with E-state index in [2.05, 4.69) is 31.4 Å². The van der Waals surface area contributed by atoms with E-state index in [0.717, 1.165) is 16.0 Å². The Balaban J connectivity index is 1.78. The van der Waals surface area contributed by atoms with Gasteiger partial charge in [-0.3, -0.25) is 14.2 Å². The van der Waals surface area contributed by atoms with Crippen molar-refractivity contribution < 1.29 is 9.59 Å². The second kappa shape index (κ2) is 9.66. The molecule has 3 aromatic rings. The van der Waals surface area contributed by atoms with E-state index in [0.29, 0.717) is 23.7 Å². The predicted molar refractivity (Wildman–Crippen MR) is 113 cm³/mol. The molecule has 1 aromatic heterocycles. The van der Waals surface area contributed by atoms with Crippen LogP contribution in [-0.2, 0) is 11.2 Å². The van der Waals surface area contributed by atoms with E-state index < -0.39 is 0 Å². The molecule has 2 aromatic carbocycles. The van der Waals surface area contributed by atoms with Gasteiger partial charge in [-0.25, -0.2) is 0 Å². The molecule has 0 aliphatic carbocycles. The molecule has 28 heavy (non-hydrogen) atoms. The average molecular weight is 459 g/mol. The molecule has 0 atom stereocenters. The summed E-state index contributed by atoms with van der Waals surface area (Å²) in [7, 11) is 0. The Morgan fingerprint density at radius 2 is 1.79 bits per heavy atom. The number of hydrogen-bond acceptors (Lipinski definition) is 5. The fraction of sp³-hybridized carbons (Fsp3) is 0.200. The van der Waals surface area contributed by atoms with Gasteiger partial charge in [-0.15, -0.1) is 10.2 Å². The van der Waals surface area contributed by atoms with Crippen molar-refractivity contribution >= 4 is 39.4 Å². The monoisotopic (exact) mass is 458 g/mol. The van der Waals surface area contributed by atoms with Crippen LogP contribution in [0, 0.1) is 0 Å². The molecule has 1 N–H and O–H groups in total. The standard InChI is InChI=1S/C20H19BrN4O2S/c1-14(26)22-12-11-19-23-24-20(25(19)17-5-3-2-4-6-17)28-13-18(27)15-7-9-16(21)10-8-15/h2-10H,11-13H2,1H3,(H,22,26). The zero-order chi connectivity index (χ0) is 19.9. The van der Waals surface area contributed by atoms with Gasteiger partial charge in [0.1, 0.15) is 5.82 Å². The Kier molecular flexibility index (Phi) is 7.00. The van der Waals surface area contributed by atoms with Gasteiger partial charge in [0.25, 0.3) is 0 Å². The van der Waals surface area contributed by atoms with E-state index >= 15 is 0 Å². The van der Waals surface area contributed by atoms with E-state index in [1.165, 1.54) is 18.7 Å². The molecule has 1 amide bonds. The first-order valence-corrected chi connectivity index (χ1v) is 10.5. The molecule has 0 spiro atoms. The molecular formula is C20H19BrN4O2S. The maximum Gasteiger partial charge on any atom is 0.216 e. The Bertz CT molecular complexity index is 958. The zero-order valence-electron chi connectivity index (χ0n) is 15.3. The minimum atomic E-state index is -0.0829. The van der Waals surface area contributed by atoms with Crippen molar-refractivity contribution in [2.45, 2.75) is 18.5 Å². The summed E-state index contributed by atoms with van der Waals surface area (Å²) in [6, 6.07) is 17.0. The number of amides is 1. The number of benzene rings is 2. The molecule has 0 saturated heterocycles.